The molecule has 1 heterocycles. The summed E-state index contributed by atoms with van der Waals surface area (Å²) in [4.78, 5) is 2.36. The van der Waals surface area contributed by atoms with Crippen LogP contribution in [0.25, 0.3) is 71.3 Å². The van der Waals surface area contributed by atoms with Crippen LogP contribution in [-0.4, -0.2) is 4.57 Å². The van der Waals surface area contributed by atoms with Gasteiger partial charge in [0.05, 0.1) is 16.4 Å². The van der Waals surface area contributed by atoms with Crippen molar-refractivity contribution in [2.45, 2.75) is 5.41 Å². The van der Waals surface area contributed by atoms with E-state index in [1.807, 2.05) is 0 Å². The second kappa shape index (κ2) is 12.2. The molecule has 0 N–H and O–H groups in total. The van der Waals surface area contributed by atoms with Gasteiger partial charge in [0.2, 0.25) is 0 Å². The van der Waals surface area contributed by atoms with Crippen LogP contribution in [0.5, 0.6) is 0 Å². The van der Waals surface area contributed by atoms with Crippen LogP contribution in [0.4, 0.5) is 17.1 Å². The van der Waals surface area contributed by atoms with E-state index in [-0.39, 0.29) is 0 Å². The van der Waals surface area contributed by atoms with Crippen molar-refractivity contribution in [2.75, 3.05) is 4.90 Å². The Balaban J connectivity index is 1.09. The molecular formula is C57H36N2. The number of rotatable bonds is 5. The number of hydrogen-bond acceptors (Lipinski definition) is 1. The van der Waals surface area contributed by atoms with Gasteiger partial charge in [0.15, 0.2) is 0 Å². The number of para-hydroxylation sites is 2. The van der Waals surface area contributed by atoms with Gasteiger partial charge in [-0.1, -0.05) is 152 Å². The Bertz CT molecular complexity index is 3440. The minimum atomic E-state index is -0.495. The topological polar surface area (TPSA) is 8.17 Å². The summed E-state index contributed by atoms with van der Waals surface area (Å²) in [5.41, 5.74) is 16.9. The molecule has 0 unspecified atom stereocenters. The van der Waals surface area contributed by atoms with Crippen LogP contribution in [0.2, 0.25) is 0 Å². The molecule has 10 aromatic carbocycles. The molecule has 0 saturated heterocycles. The summed E-state index contributed by atoms with van der Waals surface area (Å²) in [7, 11) is 0. The molecule has 2 aliphatic carbocycles. The van der Waals surface area contributed by atoms with Gasteiger partial charge in [0.25, 0.3) is 0 Å². The summed E-state index contributed by atoms with van der Waals surface area (Å²) in [6, 6.07) is 81.0. The minimum absolute atomic E-state index is 0.495. The van der Waals surface area contributed by atoms with E-state index in [1.54, 1.807) is 0 Å². The van der Waals surface area contributed by atoms with E-state index in [0.717, 1.165) is 17.1 Å². The first-order valence-corrected chi connectivity index (χ1v) is 20.5. The van der Waals surface area contributed by atoms with Gasteiger partial charge in [-0.25, -0.2) is 0 Å². The highest BCUT2D eigenvalue weighted by Crippen LogP contribution is 2.62. The summed E-state index contributed by atoms with van der Waals surface area (Å²) < 4.78 is 2.50. The van der Waals surface area contributed by atoms with Crippen molar-refractivity contribution >= 4 is 60.4 Å². The summed E-state index contributed by atoms with van der Waals surface area (Å²) in [6.45, 7) is 0. The first kappa shape index (κ1) is 32.4. The lowest BCUT2D eigenvalue weighted by Gasteiger charge is -2.38. The predicted octanol–water partition coefficient (Wildman–Crippen LogP) is 14.9. The Kier molecular flexibility index (Phi) is 6.68. The largest absolute Gasteiger partial charge is 0.310 e. The number of aromatic nitrogens is 1. The Morgan fingerprint density at radius 1 is 0.322 bits per heavy atom. The third-order valence-electron chi connectivity index (χ3n) is 13.1. The van der Waals surface area contributed by atoms with Crippen molar-refractivity contribution in [3.8, 4) is 27.9 Å². The van der Waals surface area contributed by atoms with Crippen LogP contribution >= 0.6 is 0 Å². The molecule has 2 heteroatoms. The van der Waals surface area contributed by atoms with E-state index in [1.165, 1.54) is 93.5 Å². The second-order valence-electron chi connectivity index (χ2n) is 16.0. The average molecular weight is 749 g/mol. The van der Waals surface area contributed by atoms with Crippen molar-refractivity contribution in [3.05, 3.63) is 241 Å². The second-order valence-corrected chi connectivity index (χ2v) is 16.0. The van der Waals surface area contributed by atoms with Crippen LogP contribution in [0.15, 0.2) is 218 Å². The number of nitrogens with zero attached hydrogens (tertiary/aromatic N) is 2. The highest BCUT2D eigenvalue weighted by molar-refractivity contribution is 6.27. The number of hydrogen-bond donors (Lipinski definition) is 0. The molecule has 0 amide bonds. The van der Waals surface area contributed by atoms with Crippen LogP contribution in [-0.2, 0) is 5.41 Å². The zero-order chi connectivity index (χ0) is 38.7. The van der Waals surface area contributed by atoms with E-state index in [0.29, 0.717) is 0 Å². The van der Waals surface area contributed by atoms with E-state index in [9.17, 15) is 0 Å². The maximum Gasteiger partial charge on any atom is 0.0726 e. The summed E-state index contributed by atoms with van der Waals surface area (Å²) >= 11 is 0. The van der Waals surface area contributed by atoms with Crippen LogP contribution in [0.1, 0.15) is 22.3 Å². The van der Waals surface area contributed by atoms with Crippen LogP contribution in [0, 0.1) is 0 Å². The molecule has 2 aliphatic rings. The van der Waals surface area contributed by atoms with Gasteiger partial charge in [-0.3, -0.25) is 0 Å². The normalized spacial score (nSPS) is 13.2. The Morgan fingerprint density at radius 3 is 1.68 bits per heavy atom. The molecule has 59 heavy (non-hydrogen) atoms. The zero-order valence-electron chi connectivity index (χ0n) is 32.2. The minimum Gasteiger partial charge on any atom is -0.310 e. The van der Waals surface area contributed by atoms with E-state index < -0.39 is 5.41 Å². The zero-order valence-corrected chi connectivity index (χ0v) is 32.2. The molecule has 0 aliphatic heterocycles. The molecule has 11 aromatic rings. The summed E-state index contributed by atoms with van der Waals surface area (Å²) in [6.07, 6.45) is 0. The molecule has 1 spiro atoms. The fourth-order valence-electron chi connectivity index (χ4n) is 10.7. The Morgan fingerprint density at radius 2 is 0.915 bits per heavy atom. The molecule has 1 aromatic heterocycles. The summed E-state index contributed by atoms with van der Waals surface area (Å²) in [5.74, 6) is 0. The van der Waals surface area contributed by atoms with Crippen molar-refractivity contribution in [2.24, 2.45) is 0 Å². The molecule has 0 atom stereocenters. The maximum absolute atomic E-state index is 2.53. The SMILES string of the molecule is c1ccc(N(c2ccc(-c3cc4c5c6c7c(cccc7ccc6n(-c6ccccc6)c5c3)C43c4ccccc4-c4ccccc43)cc2)c2ccc3ccccc3c2)cc1. The molecule has 0 saturated carbocycles. The van der Waals surface area contributed by atoms with Gasteiger partial charge < -0.3 is 9.47 Å². The third-order valence-corrected chi connectivity index (χ3v) is 13.1. The fourth-order valence-corrected chi connectivity index (χ4v) is 10.7. The lowest BCUT2D eigenvalue weighted by Crippen LogP contribution is -2.30. The predicted molar refractivity (Wildman–Crippen MR) is 247 cm³/mol. The van der Waals surface area contributed by atoms with Crippen molar-refractivity contribution in [1.82, 2.24) is 4.57 Å². The van der Waals surface area contributed by atoms with Crippen molar-refractivity contribution < 1.29 is 0 Å². The first-order chi connectivity index (χ1) is 29.3. The smallest absolute Gasteiger partial charge is 0.0726 e. The molecule has 0 radical (unpaired) electrons. The van der Waals surface area contributed by atoms with Gasteiger partial charge in [0.1, 0.15) is 0 Å². The van der Waals surface area contributed by atoms with Crippen LogP contribution < -0.4 is 4.90 Å². The number of benzene rings is 10. The highest BCUT2D eigenvalue weighted by atomic mass is 15.1. The number of fused-ring (bicyclic) bond motifs is 8. The van der Waals surface area contributed by atoms with Gasteiger partial charge in [-0.15, -0.1) is 0 Å². The van der Waals surface area contributed by atoms with Gasteiger partial charge in [-0.05, 0) is 133 Å². The van der Waals surface area contributed by atoms with Gasteiger partial charge >= 0.3 is 0 Å². The fraction of sp³-hybridized carbons (Fsp3) is 0.0175. The average Bonchev–Trinajstić information content (AvgIpc) is 3.80. The molecular weight excluding hydrogens is 713 g/mol. The standard InChI is InChI=1S/C57H36N2/c1-3-17-42(18-4-1)58(45-32-28-37-14-7-8-15-40(37)34-45)44-30-26-38(27-31-44)41-35-51-55-53(36-41)59(43-19-5-2-6-20-43)52-33-29-39-16-13-25-50(54(39)56(52)55)57(51)48-23-11-9-21-46(48)47-22-10-12-24-49(47)57/h1-36H. The third kappa shape index (κ3) is 4.40. The molecule has 0 bridgehead atoms. The molecule has 0 fully saturated rings. The van der Waals surface area contributed by atoms with E-state index >= 15 is 0 Å². The lowest BCUT2D eigenvalue weighted by atomic mass is 9.63. The Labute approximate surface area is 342 Å². The van der Waals surface area contributed by atoms with Crippen molar-refractivity contribution in [1.29, 1.82) is 0 Å². The highest BCUT2D eigenvalue weighted by Gasteiger charge is 2.50. The molecule has 274 valence electrons. The number of anilines is 3. The van der Waals surface area contributed by atoms with Gasteiger partial charge in [0, 0.05) is 33.5 Å². The monoisotopic (exact) mass is 748 g/mol. The first-order valence-electron chi connectivity index (χ1n) is 20.5. The molecule has 2 nitrogen and oxygen atoms in total. The van der Waals surface area contributed by atoms with Crippen LogP contribution in [0.3, 0.4) is 0 Å². The maximum atomic E-state index is 2.53. The lowest BCUT2D eigenvalue weighted by molar-refractivity contribution is 0.783. The van der Waals surface area contributed by atoms with E-state index in [2.05, 4.69) is 228 Å². The Hall–Kier alpha value is -7.68. The van der Waals surface area contributed by atoms with E-state index in [4.69, 9.17) is 0 Å². The van der Waals surface area contributed by atoms with Gasteiger partial charge in [-0.2, -0.15) is 0 Å². The molecule has 13 rings (SSSR count). The van der Waals surface area contributed by atoms with Crippen molar-refractivity contribution in [3.63, 3.8) is 0 Å². The summed E-state index contributed by atoms with van der Waals surface area (Å²) in [5, 5.41) is 7.78. The quantitative estimate of drug-likeness (QED) is 0.170.